The molecular formula is C20H32N4O3S. The topological polar surface area (TPSA) is 81.8 Å². The van der Waals surface area contributed by atoms with Crippen molar-refractivity contribution in [3.05, 3.63) is 18.2 Å². The first-order chi connectivity index (χ1) is 13.5. The Bertz CT molecular complexity index is 770. The predicted octanol–water partition coefficient (Wildman–Crippen LogP) is 3.38. The molecule has 1 aromatic carbocycles. The summed E-state index contributed by atoms with van der Waals surface area (Å²) in [6.07, 6.45) is 7.13. The second-order valence-corrected chi connectivity index (χ2v) is 9.51. The highest BCUT2D eigenvalue weighted by Gasteiger charge is 2.27. The summed E-state index contributed by atoms with van der Waals surface area (Å²) in [4.78, 5) is 14.8. The van der Waals surface area contributed by atoms with Crippen molar-refractivity contribution in [2.45, 2.75) is 56.8 Å². The van der Waals surface area contributed by atoms with Gasteiger partial charge in [-0.2, -0.15) is 4.31 Å². The molecule has 0 saturated carbocycles. The lowest BCUT2D eigenvalue weighted by atomic mass is 10.1. The van der Waals surface area contributed by atoms with Crippen molar-refractivity contribution in [1.29, 1.82) is 0 Å². The Morgan fingerprint density at radius 2 is 1.64 bits per heavy atom. The Morgan fingerprint density at radius 3 is 2.29 bits per heavy atom. The second kappa shape index (κ2) is 9.60. The minimum Gasteiger partial charge on any atom is -0.370 e. The lowest BCUT2D eigenvalue weighted by Crippen LogP contribution is -2.36. The van der Waals surface area contributed by atoms with Crippen molar-refractivity contribution < 1.29 is 13.2 Å². The number of urea groups is 1. The predicted molar refractivity (Wildman–Crippen MR) is 112 cm³/mol. The summed E-state index contributed by atoms with van der Waals surface area (Å²) in [6.45, 7) is 5.54. The number of sulfonamides is 1. The van der Waals surface area contributed by atoms with Crippen LogP contribution in [-0.4, -0.2) is 51.5 Å². The van der Waals surface area contributed by atoms with Crippen LogP contribution in [0.3, 0.4) is 0 Å². The first-order valence-electron chi connectivity index (χ1n) is 10.5. The van der Waals surface area contributed by atoms with Crippen LogP contribution < -0.4 is 15.5 Å². The number of piperidine rings is 2. The van der Waals surface area contributed by atoms with Crippen molar-refractivity contribution in [2.75, 3.05) is 42.9 Å². The number of hydrogen-bond donors (Lipinski definition) is 2. The Labute approximate surface area is 168 Å². The molecule has 0 spiro atoms. The van der Waals surface area contributed by atoms with E-state index in [4.69, 9.17) is 0 Å². The average molecular weight is 409 g/mol. The summed E-state index contributed by atoms with van der Waals surface area (Å²) in [5.41, 5.74) is 1.46. The molecule has 0 atom stereocenters. The first kappa shape index (κ1) is 20.9. The lowest BCUT2D eigenvalue weighted by molar-refractivity contribution is 0.252. The molecule has 2 aliphatic heterocycles. The van der Waals surface area contributed by atoms with E-state index in [1.807, 2.05) is 13.0 Å². The fraction of sp³-hybridized carbons (Fsp3) is 0.650. The van der Waals surface area contributed by atoms with Crippen molar-refractivity contribution in [3.63, 3.8) is 0 Å². The van der Waals surface area contributed by atoms with Crippen LogP contribution in [-0.2, 0) is 10.0 Å². The van der Waals surface area contributed by atoms with E-state index in [0.717, 1.165) is 57.3 Å². The molecule has 156 valence electrons. The van der Waals surface area contributed by atoms with Gasteiger partial charge in [0.25, 0.3) is 0 Å². The fourth-order valence-electron chi connectivity index (χ4n) is 3.85. The van der Waals surface area contributed by atoms with E-state index in [2.05, 4.69) is 15.5 Å². The van der Waals surface area contributed by atoms with Gasteiger partial charge < -0.3 is 15.5 Å². The molecule has 7 nitrogen and oxygen atoms in total. The average Bonchev–Trinajstić information content (AvgIpc) is 2.73. The third-order valence-electron chi connectivity index (χ3n) is 5.40. The molecule has 0 aromatic heterocycles. The van der Waals surface area contributed by atoms with Gasteiger partial charge >= 0.3 is 6.03 Å². The lowest BCUT2D eigenvalue weighted by Gasteiger charge is -2.31. The summed E-state index contributed by atoms with van der Waals surface area (Å²) >= 11 is 0. The van der Waals surface area contributed by atoms with E-state index in [0.29, 0.717) is 25.3 Å². The quantitative estimate of drug-likeness (QED) is 0.756. The number of nitrogens with one attached hydrogen (secondary N) is 2. The number of carbonyl (C=O) groups is 1. The van der Waals surface area contributed by atoms with Crippen LogP contribution >= 0.6 is 0 Å². The molecule has 3 rings (SSSR count). The van der Waals surface area contributed by atoms with E-state index in [1.165, 1.54) is 6.42 Å². The van der Waals surface area contributed by atoms with E-state index in [-0.39, 0.29) is 10.9 Å². The molecule has 2 amide bonds. The molecule has 8 heteroatoms. The standard InChI is InChI=1S/C20H32N4O3S/c1-2-11-21-20(25)22-18-16-17(28(26,27)24-14-7-4-8-15-24)9-10-19(18)23-12-5-3-6-13-23/h9-10,16H,2-8,11-15H2,1H3,(H2,21,22,25). The maximum Gasteiger partial charge on any atom is 0.319 e. The molecule has 0 aliphatic carbocycles. The molecule has 2 fully saturated rings. The SMILES string of the molecule is CCCNC(=O)Nc1cc(S(=O)(=O)N2CCCCC2)ccc1N1CCCCC1. The van der Waals surface area contributed by atoms with Gasteiger partial charge in [-0.3, -0.25) is 0 Å². The van der Waals surface area contributed by atoms with Crippen LogP contribution in [0.5, 0.6) is 0 Å². The fourth-order valence-corrected chi connectivity index (χ4v) is 5.39. The van der Waals surface area contributed by atoms with Gasteiger partial charge in [0, 0.05) is 32.7 Å². The molecule has 28 heavy (non-hydrogen) atoms. The molecule has 0 radical (unpaired) electrons. The smallest absolute Gasteiger partial charge is 0.319 e. The number of carbonyl (C=O) groups excluding carboxylic acids is 1. The van der Waals surface area contributed by atoms with Crippen molar-refractivity contribution in [1.82, 2.24) is 9.62 Å². The van der Waals surface area contributed by atoms with Crippen LogP contribution in [0.1, 0.15) is 51.9 Å². The van der Waals surface area contributed by atoms with E-state index in [1.54, 1.807) is 16.4 Å². The second-order valence-electron chi connectivity index (χ2n) is 7.57. The van der Waals surface area contributed by atoms with E-state index >= 15 is 0 Å². The van der Waals surface area contributed by atoms with Gasteiger partial charge in [-0.05, 0) is 56.7 Å². The van der Waals surface area contributed by atoms with Crippen LogP contribution in [0, 0.1) is 0 Å². The molecule has 2 heterocycles. The molecule has 2 saturated heterocycles. The van der Waals surface area contributed by atoms with Gasteiger partial charge in [0.1, 0.15) is 0 Å². The Morgan fingerprint density at radius 1 is 1.00 bits per heavy atom. The van der Waals surface area contributed by atoms with Gasteiger partial charge in [0.05, 0.1) is 16.3 Å². The largest absolute Gasteiger partial charge is 0.370 e. The summed E-state index contributed by atoms with van der Waals surface area (Å²) in [5.74, 6) is 0. The maximum absolute atomic E-state index is 13.1. The number of hydrogen-bond acceptors (Lipinski definition) is 4. The van der Waals surface area contributed by atoms with Gasteiger partial charge in [-0.15, -0.1) is 0 Å². The Hall–Kier alpha value is -1.80. The minimum atomic E-state index is -3.54. The van der Waals surface area contributed by atoms with Gasteiger partial charge in [-0.25, -0.2) is 13.2 Å². The highest BCUT2D eigenvalue weighted by atomic mass is 32.2. The van der Waals surface area contributed by atoms with Crippen molar-refractivity contribution in [2.24, 2.45) is 0 Å². The van der Waals surface area contributed by atoms with Crippen LogP contribution in [0.15, 0.2) is 23.1 Å². The van der Waals surface area contributed by atoms with Crippen molar-refractivity contribution >= 4 is 27.4 Å². The monoisotopic (exact) mass is 408 g/mol. The zero-order chi connectivity index (χ0) is 20.0. The normalized spacial score (nSPS) is 18.7. The highest BCUT2D eigenvalue weighted by molar-refractivity contribution is 7.89. The molecule has 0 unspecified atom stereocenters. The number of amides is 2. The van der Waals surface area contributed by atoms with Crippen molar-refractivity contribution in [3.8, 4) is 0 Å². The van der Waals surface area contributed by atoms with Gasteiger partial charge in [0.2, 0.25) is 10.0 Å². The van der Waals surface area contributed by atoms with E-state index in [9.17, 15) is 13.2 Å². The molecule has 2 aliphatic rings. The minimum absolute atomic E-state index is 0.251. The Balaban J connectivity index is 1.89. The number of rotatable bonds is 6. The summed E-state index contributed by atoms with van der Waals surface area (Å²) in [6, 6.07) is 4.85. The highest BCUT2D eigenvalue weighted by Crippen LogP contribution is 2.32. The summed E-state index contributed by atoms with van der Waals surface area (Å²) in [5, 5.41) is 5.69. The zero-order valence-electron chi connectivity index (χ0n) is 16.7. The number of nitrogens with zero attached hydrogens (tertiary/aromatic N) is 2. The third-order valence-corrected chi connectivity index (χ3v) is 7.30. The number of anilines is 2. The van der Waals surface area contributed by atoms with Crippen LogP contribution in [0.4, 0.5) is 16.2 Å². The maximum atomic E-state index is 13.1. The summed E-state index contributed by atoms with van der Waals surface area (Å²) < 4.78 is 27.7. The summed E-state index contributed by atoms with van der Waals surface area (Å²) in [7, 11) is -3.54. The molecule has 0 bridgehead atoms. The van der Waals surface area contributed by atoms with Crippen LogP contribution in [0.2, 0.25) is 0 Å². The van der Waals surface area contributed by atoms with Gasteiger partial charge in [0.15, 0.2) is 0 Å². The van der Waals surface area contributed by atoms with Crippen LogP contribution in [0.25, 0.3) is 0 Å². The Kier molecular flexibility index (Phi) is 7.18. The molecular weight excluding hydrogens is 376 g/mol. The number of benzene rings is 1. The molecule has 2 N–H and O–H groups in total. The molecule has 1 aromatic rings. The van der Waals surface area contributed by atoms with E-state index < -0.39 is 10.0 Å². The first-order valence-corrected chi connectivity index (χ1v) is 11.9. The van der Waals surface area contributed by atoms with Gasteiger partial charge in [-0.1, -0.05) is 13.3 Å². The third kappa shape index (κ3) is 4.97. The zero-order valence-corrected chi connectivity index (χ0v) is 17.6.